The molecule has 13 nitrogen and oxygen atoms in total. The van der Waals surface area contributed by atoms with Crippen LogP contribution in [0.4, 0.5) is 0 Å². The number of aliphatic hydroxyl groups is 1. The SMILES string of the molecule is CCCCCCCCC(CCCCCCCCC(=O)NCCNC(=O)CCCCCCCCC(CCCCCCCC)C(CCCCCCCC)CCCCCCCCC(=O)OCCOc1ccc(C(=O)C(C)(C)O)cc1)C(CCCCCCCC)CCCCCCCCC(=O)OCCCOCCCOC. The van der Waals surface area contributed by atoms with E-state index in [0.717, 1.165) is 94.3 Å². The molecule has 0 aliphatic heterocycles. The summed E-state index contributed by atoms with van der Waals surface area (Å²) >= 11 is 0. The first-order valence-electron chi connectivity index (χ1n) is 45.7. The predicted molar refractivity (Wildman–Crippen MR) is 446 cm³/mol. The van der Waals surface area contributed by atoms with E-state index in [1.807, 2.05) is 0 Å². The molecule has 2 amide bonds. The van der Waals surface area contributed by atoms with Gasteiger partial charge < -0.3 is 39.4 Å². The average Bonchev–Trinajstić information content (AvgIpc) is 0.858. The highest BCUT2D eigenvalue weighted by Gasteiger charge is 2.26. The first-order chi connectivity index (χ1) is 51.8. The Morgan fingerprint density at radius 2 is 0.604 bits per heavy atom. The van der Waals surface area contributed by atoms with Crippen molar-refractivity contribution in [2.75, 3.05) is 59.8 Å². The van der Waals surface area contributed by atoms with Crippen molar-refractivity contribution >= 4 is 29.5 Å². The van der Waals surface area contributed by atoms with Gasteiger partial charge >= 0.3 is 11.9 Å². The van der Waals surface area contributed by atoms with Crippen LogP contribution in [0.25, 0.3) is 0 Å². The fraction of sp³-hybridized carbons (Fsp3) is 0.882. The van der Waals surface area contributed by atoms with Gasteiger partial charge in [-0.3, -0.25) is 24.0 Å². The second kappa shape index (κ2) is 75.5. The van der Waals surface area contributed by atoms with Crippen molar-refractivity contribution in [1.82, 2.24) is 10.6 Å². The Morgan fingerprint density at radius 3 is 0.906 bits per heavy atom. The Morgan fingerprint density at radius 1 is 0.330 bits per heavy atom. The van der Waals surface area contributed by atoms with Gasteiger partial charge in [-0.1, -0.05) is 362 Å². The maximum atomic E-state index is 12.8. The molecule has 3 N–H and O–H groups in total. The number of hydrogen-bond donors (Lipinski definition) is 3. The lowest BCUT2D eigenvalue weighted by Gasteiger charge is -2.28. The first kappa shape index (κ1) is 100. The molecule has 13 heteroatoms. The lowest BCUT2D eigenvalue weighted by molar-refractivity contribution is -0.145. The molecule has 4 unspecified atom stereocenters. The summed E-state index contributed by atoms with van der Waals surface area (Å²) in [4.78, 5) is 62.6. The number of amides is 2. The molecule has 0 aromatic heterocycles. The van der Waals surface area contributed by atoms with Crippen molar-refractivity contribution < 1.29 is 52.8 Å². The van der Waals surface area contributed by atoms with Gasteiger partial charge in [-0.2, -0.15) is 0 Å². The minimum absolute atomic E-state index is 0.0680. The molecule has 1 aromatic carbocycles. The van der Waals surface area contributed by atoms with Gasteiger partial charge in [-0.05, 0) is 93.9 Å². The molecule has 620 valence electrons. The van der Waals surface area contributed by atoms with Gasteiger partial charge in [0, 0.05) is 77.7 Å². The molecule has 0 aliphatic carbocycles. The van der Waals surface area contributed by atoms with Gasteiger partial charge in [0.2, 0.25) is 11.8 Å². The zero-order chi connectivity index (χ0) is 77.1. The fourth-order valence-electron chi connectivity index (χ4n) is 15.6. The Bertz CT molecular complexity index is 2110. The fourth-order valence-corrected chi connectivity index (χ4v) is 15.6. The molecular weight excluding hydrogens is 1320 g/mol. The second-order valence-corrected chi connectivity index (χ2v) is 32.6. The number of ether oxygens (including phenoxy) is 5. The number of nitrogens with one attached hydrogen (secondary N) is 2. The zero-order valence-electron chi connectivity index (χ0n) is 70.6. The minimum Gasteiger partial charge on any atom is -0.490 e. The molecule has 106 heavy (non-hydrogen) atoms. The summed E-state index contributed by atoms with van der Waals surface area (Å²) in [6.45, 7) is 16.1. The van der Waals surface area contributed by atoms with Crippen molar-refractivity contribution in [3.63, 3.8) is 0 Å². The lowest BCUT2D eigenvalue weighted by atomic mass is 9.78. The largest absolute Gasteiger partial charge is 0.490 e. The summed E-state index contributed by atoms with van der Waals surface area (Å²) in [7, 11) is 1.70. The summed E-state index contributed by atoms with van der Waals surface area (Å²) in [5, 5.41) is 16.1. The molecule has 1 aromatic rings. The number of hydrogen-bond acceptors (Lipinski definition) is 11. The van der Waals surface area contributed by atoms with Crippen LogP contribution in [0.3, 0.4) is 0 Å². The van der Waals surface area contributed by atoms with Crippen LogP contribution in [0.2, 0.25) is 0 Å². The van der Waals surface area contributed by atoms with E-state index in [-0.39, 0.29) is 42.7 Å². The van der Waals surface area contributed by atoms with E-state index in [9.17, 15) is 29.1 Å². The van der Waals surface area contributed by atoms with Crippen molar-refractivity contribution in [3.05, 3.63) is 29.8 Å². The minimum atomic E-state index is -1.43. The molecule has 0 fully saturated rings. The van der Waals surface area contributed by atoms with Crippen LogP contribution in [0.15, 0.2) is 24.3 Å². The first-order valence-corrected chi connectivity index (χ1v) is 45.7. The average molecular weight is 1490 g/mol. The van der Waals surface area contributed by atoms with E-state index < -0.39 is 5.60 Å². The molecule has 0 saturated carbocycles. The molecule has 0 heterocycles. The summed E-state index contributed by atoms with van der Waals surface area (Å²) in [5.74, 6) is 3.55. The van der Waals surface area contributed by atoms with Gasteiger partial charge in [0.25, 0.3) is 0 Å². The zero-order valence-corrected chi connectivity index (χ0v) is 70.6. The number of esters is 2. The second-order valence-electron chi connectivity index (χ2n) is 32.6. The van der Waals surface area contributed by atoms with Gasteiger partial charge in [0.15, 0.2) is 5.78 Å². The van der Waals surface area contributed by atoms with Crippen LogP contribution >= 0.6 is 0 Å². The highest BCUT2D eigenvalue weighted by atomic mass is 16.6. The normalized spacial score (nSPS) is 12.8. The van der Waals surface area contributed by atoms with Crippen molar-refractivity contribution in [1.29, 1.82) is 0 Å². The van der Waals surface area contributed by atoms with Crippen molar-refractivity contribution in [2.24, 2.45) is 23.7 Å². The third-order valence-electron chi connectivity index (χ3n) is 22.3. The van der Waals surface area contributed by atoms with Crippen LogP contribution in [0.1, 0.15) is 450 Å². The van der Waals surface area contributed by atoms with Crippen molar-refractivity contribution in [3.8, 4) is 5.75 Å². The highest BCUT2D eigenvalue weighted by Crippen LogP contribution is 2.36. The summed E-state index contributed by atoms with van der Waals surface area (Å²) in [5.41, 5.74) is -1.01. The van der Waals surface area contributed by atoms with E-state index in [1.54, 1.807) is 31.4 Å². The Hall–Kier alpha value is -3.55. The number of carbonyl (C=O) groups excluding carboxylic acids is 5. The molecule has 0 aliphatic rings. The highest BCUT2D eigenvalue weighted by molar-refractivity contribution is 6.01. The maximum Gasteiger partial charge on any atom is 0.305 e. The molecule has 0 spiro atoms. The lowest BCUT2D eigenvalue weighted by Crippen LogP contribution is -2.34. The standard InChI is InChI=1S/C93H172N2O11/c1-8-12-16-20-32-44-58-82(84(60-46-34-22-18-14-10-3)64-50-38-26-30-42-54-68-90(98)105-79-57-78-103-77-56-76-102-7)62-48-36-24-28-40-52-66-88(96)94-74-75-95-89(97)67-53-41-29-25-37-49-63-83(59-45-33-21-17-13-9-2)85(61-47-35-23-19-15-11-4)65-51-39-27-31-43-55-69-91(99)106-81-80-104-87-72-70-86(71-73-87)92(100)93(5,6)101/h70-73,82-85,101H,8-69,74-81H2,1-7H3,(H,94,96)(H,95,97). The van der Waals surface area contributed by atoms with Crippen molar-refractivity contribution in [2.45, 2.75) is 445 Å². The maximum absolute atomic E-state index is 12.8. The third-order valence-corrected chi connectivity index (χ3v) is 22.3. The van der Waals surface area contributed by atoms with E-state index in [0.29, 0.717) is 76.5 Å². The van der Waals surface area contributed by atoms with Gasteiger partial charge in [0.05, 0.1) is 6.61 Å². The van der Waals surface area contributed by atoms with E-state index in [4.69, 9.17) is 23.7 Å². The molecule has 1 rings (SSSR count). The van der Waals surface area contributed by atoms with Crippen LogP contribution in [0, 0.1) is 23.7 Å². The Labute approximate surface area is 653 Å². The van der Waals surface area contributed by atoms with Gasteiger partial charge in [0.1, 0.15) is 24.6 Å². The van der Waals surface area contributed by atoms with E-state index in [1.165, 1.54) is 316 Å². The van der Waals surface area contributed by atoms with Crippen LogP contribution < -0.4 is 15.4 Å². The molecule has 0 saturated heterocycles. The smallest absolute Gasteiger partial charge is 0.305 e. The number of ketones is 1. The molecule has 0 radical (unpaired) electrons. The van der Waals surface area contributed by atoms with E-state index in [2.05, 4.69) is 38.3 Å². The number of rotatable bonds is 83. The topological polar surface area (TPSA) is 176 Å². The summed E-state index contributed by atoms with van der Waals surface area (Å²) < 4.78 is 27.2. The van der Waals surface area contributed by atoms with Gasteiger partial charge in [-0.25, -0.2) is 0 Å². The Kier molecular flexibility index (Phi) is 71.5. The number of Topliss-reactive ketones (excluding diaryl/α,β-unsaturated/α-hetero) is 1. The molecule has 4 atom stereocenters. The number of unbranched alkanes of at least 4 members (excludes halogenated alkanes) is 40. The molecular formula is C93H172N2O11. The summed E-state index contributed by atoms with van der Waals surface area (Å²) in [6, 6.07) is 6.66. The predicted octanol–water partition coefficient (Wildman–Crippen LogP) is 25.7. The van der Waals surface area contributed by atoms with Crippen LogP contribution in [-0.2, 0) is 38.1 Å². The third kappa shape index (κ3) is 64.1. The van der Waals surface area contributed by atoms with Gasteiger partial charge in [-0.15, -0.1) is 0 Å². The quantitative estimate of drug-likeness (QED) is 0.0321. The summed E-state index contributed by atoms with van der Waals surface area (Å²) in [6.07, 6.45) is 75.8. The number of carbonyl (C=O) groups is 5. The molecule has 0 bridgehead atoms. The monoisotopic (exact) mass is 1490 g/mol. The Balaban J connectivity index is 2.46. The number of benzene rings is 1. The van der Waals surface area contributed by atoms with Crippen LogP contribution in [0.5, 0.6) is 5.75 Å². The van der Waals surface area contributed by atoms with E-state index >= 15 is 0 Å². The number of methoxy groups -OCH3 is 1. The van der Waals surface area contributed by atoms with Crippen LogP contribution in [-0.4, -0.2) is 100 Å².